The van der Waals surface area contributed by atoms with Gasteiger partial charge in [0.2, 0.25) is 11.7 Å². The Bertz CT molecular complexity index is 577. The standard InChI is InChI=1S/C11H11F2N3O4/c1-14-8(17)5-15(2)11(18)9-6(12)3-4-7(10(9)13)16(19)20/h3-4H,5H2,1-2H3,(H,14,17). The number of benzene rings is 1. The first-order valence-corrected chi connectivity index (χ1v) is 5.38. The number of hydrogen-bond acceptors (Lipinski definition) is 4. The summed E-state index contributed by atoms with van der Waals surface area (Å²) in [7, 11) is 2.48. The van der Waals surface area contributed by atoms with E-state index in [2.05, 4.69) is 5.32 Å². The van der Waals surface area contributed by atoms with Crippen LogP contribution in [0.2, 0.25) is 0 Å². The van der Waals surface area contributed by atoms with Gasteiger partial charge in [0.05, 0.1) is 11.5 Å². The largest absolute Gasteiger partial charge is 0.358 e. The molecule has 0 aromatic heterocycles. The van der Waals surface area contributed by atoms with Gasteiger partial charge in [-0.2, -0.15) is 4.39 Å². The molecule has 0 radical (unpaired) electrons. The topological polar surface area (TPSA) is 92.6 Å². The summed E-state index contributed by atoms with van der Waals surface area (Å²) in [6, 6.07) is 1.25. The second kappa shape index (κ2) is 6.04. The normalized spacial score (nSPS) is 10.0. The van der Waals surface area contributed by atoms with Gasteiger partial charge in [-0.25, -0.2) is 4.39 Å². The summed E-state index contributed by atoms with van der Waals surface area (Å²) in [5.41, 5.74) is -2.08. The van der Waals surface area contributed by atoms with Crippen molar-refractivity contribution in [2.75, 3.05) is 20.6 Å². The lowest BCUT2D eigenvalue weighted by molar-refractivity contribution is -0.387. The summed E-state index contributed by atoms with van der Waals surface area (Å²) in [6.45, 7) is -0.434. The molecule has 0 bridgehead atoms. The highest BCUT2D eigenvalue weighted by atomic mass is 19.1. The highest BCUT2D eigenvalue weighted by Gasteiger charge is 2.28. The summed E-state index contributed by atoms with van der Waals surface area (Å²) in [6.07, 6.45) is 0. The van der Waals surface area contributed by atoms with Gasteiger partial charge < -0.3 is 10.2 Å². The van der Waals surface area contributed by atoms with E-state index in [1.165, 1.54) is 7.05 Å². The molecule has 1 N–H and O–H groups in total. The maximum Gasteiger partial charge on any atom is 0.305 e. The van der Waals surface area contributed by atoms with E-state index in [4.69, 9.17) is 0 Å². The minimum Gasteiger partial charge on any atom is -0.358 e. The van der Waals surface area contributed by atoms with Crippen molar-refractivity contribution >= 4 is 17.5 Å². The molecule has 7 nitrogen and oxygen atoms in total. The molecule has 1 rings (SSSR count). The molecule has 0 unspecified atom stereocenters. The predicted molar refractivity (Wildman–Crippen MR) is 64.0 cm³/mol. The number of nitro groups is 1. The highest BCUT2D eigenvalue weighted by molar-refractivity contribution is 5.97. The van der Waals surface area contributed by atoms with Crippen LogP contribution in [0, 0.1) is 21.7 Å². The smallest absolute Gasteiger partial charge is 0.305 e. The average Bonchev–Trinajstić information content (AvgIpc) is 2.37. The summed E-state index contributed by atoms with van der Waals surface area (Å²) in [4.78, 5) is 33.2. The molecule has 108 valence electrons. The van der Waals surface area contributed by atoms with Crippen molar-refractivity contribution in [2.24, 2.45) is 0 Å². The van der Waals surface area contributed by atoms with Crippen molar-refractivity contribution in [1.29, 1.82) is 0 Å². The molecule has 1 aromatic rings. The Balaban J connectivity index is 3.18. The molecule has 0 atom stereocenters. The number of nitrogens with one attached hydrogen (secondary N) is 1. The van der Waals surface area contributed by atoms with Crippen LogP contribution in [0.3, 0.4) is 0 Å². The Morgan fingerprint density at radius 2 is 2.00 bits per heavy atom. The Morgan fingerprint density at radius 1 is 1.40 bits per heavy atom. The minimum absolute atomic E-state index is 0.434. The molecule has 0 aliphatic heterocycles. The van der Waals surface area contributed by atoms with E-state index in [-0.39, 0.29) is 0 Å². The molecular weight excluding hydrogens is 276 g/mol. The molecule has 1 aromatic carbocycles. The Kier molecular flexibility index (Phi) is 4.68. The van der Waals surface area contributed by atoms with Gasteiger partial charge in [-0.15, -0.1) is 0 Å². The van der Waals surface area contributed by atoms with Crippen LogP contribution in [0.4, 0.5) is 14.5 Å². The zero-order valence-corrected chi connectivity index (χ0v) is 10.6. The molecular formula is C11H11F2N3O4. The van der Waals surface area contributed by atoms with Gasteiger partial charge in [-0.3, -0.25) is 19.7 Å². The number of likely N-dealkylation sites (N-methyl/N-ethyl adjacent to an activating group) is 2. The van der Waals surface area contributed by atoms with Crippen molar-refractivity contribution in [3.05, 3.63) is 39.4 Å². The van der Waals surface area contributed by atoms with Crippen LogP contribution < -0.4 is 5.32 Å². The number of carbonyl (C=O) groups is 2. The highest BCUT2D eigenvalue weighted by Crippen LogP contribution is 2.23. The van der Waals surface area contributed by atoms with E-state index in [9.17, 15) is 28.5 Å². The van der Waals surface area contributed by atoms with E-state index < -0.39 is 46.2 Å². The second-order valence-corrected chi connectivity index (χ2v) is 3.85. The number of amides is 2. The van der Waals surface area contributed by atoms with Crippen LogP contribution >= 0.6 is 0 Å². The summed E-state index contributed by atoms with van der Waals surface area (Å²) in [5, 5.41) is 12.8. The van der Waals surface area contributed by atoms with Crippen molar-refractivity contribution in [3.63, 3.8) is 0 Å². The first kappa shape index (κ1) is 15.5. The third kappa shape index (κ3) is 3.05. The third-order valence-corrected chi connectivity index (χ3v) is 2.49. The van der Waals surface area contributed by atoms with Crippen LogP contribution in [-0.4, -0.2) is 42.3 Å². The van der Waals surface area contributed by atoms with Gasteiger partial charge in [0.15, 0.2) is 0 Å². The van der Waals surface area contributed by atoms with Gasteiger partial charge in [0.1, 0.15) is 11.4 Å². The van der Waals surface area contributed by atoms with Crippen LogP contribution in [0.25, 0.3) is 0 Å². The predicted octanol–water partition coefficient (Wildman–Crippen LogP) is 0.691. The van der Waals surface area contributed by atoms with Crippen molar-refractivity contribution in [2.45, 2.75) is 0 Å². The molecule has 2 amide bonds. The molecule has 0 saturated heterocycles. The van der Waals surface area contributed by atoms with E-state index in [1.54, 1.807) is 0 Å². The second-order valence-electron chi connectivity index (χ2n) is 3.85. The summed E-state index contributed by atoms with van der Waals surface area (Å²) in [5.74, 6) is -4.51. The van der Waals surface area contributed by atoms with Crippen LogP contribution in [0.1, 0.15) is 10.4 Å². The molecule has 0 fully saturated rings. The molecule has 0 spiro atoms. The van der Waals surface area contributed by atoms with Crippen molar-refractivity contribution < 1.29 is 23.3 Å². The number of rotatable bonds is 4. The van der Waals surface area contributed by atoms with Crippen molar-refractivity contribution in [1.82, 2.24) is 10.2 Å². The maximum absolute atomic E-state index is 13.8. The van der Waals surface area contributed by atoms with E-state index >= 15 is 0 Å². The minimum atomic E-state index is -1.57. The third-order valence-electron chi connectivity index (χ3n) is 2.49. The lowest BCUT2D eigenvalue weighted by Crippen LogP contribution is -2.37. The molecule has 0 heterocycles. The van der Waals surface area contributed by atoms with E-state index in [1.807, 2.05) is 0 Å². The fourth-order valence-electron chi connectivity index (χ4n) is 1.44. The molecule has 0 saturated carbocycles. The lowest BCUT2D eigenvalue weighted by atomic mass is 10.1. The van der Waals surface area contributed by atoms with Crippen LogP contribution in [0.15, 0.2) is 12.1 Å². The monoisotopic (exact) mass is 287 g/mol. The Hall–Kier alpha value is -2.58. The first-order chi connectivity index (χ1) is 9.29. The molecule has 9 heteroatoms. The Labute approximate surface area is 112 Å². The number of hydrogen-bond donors (Lipinski definition) is 1. The molecule has 0 aliphatic rings. The lowest BCUT2D eigenvalue weighted by Gasteiger charge is -2.16. The van der Waals surface area contributed by atoms with Crippen LogP contribution in [-0.2, 0) is 4.79 Å². The zero-order valence-electron chi connectivity index (χ0n) is 10.6. The van der Waals surface area contributed by atoms with Gasteiger partial charge in [0, 0.05) is 20.2 Å². The fourth-order valence-corrected chi connectivity index (χ4v) is 1.44. The maximum atomic E-state index is 13.8. The zero-order chi connectivity index (χ0) is 15.4. The number of halogens is 2. The number of nitrogens with zero attached hydrogens (tertiary/aromatic N) is 2. The van der Waals surface area contributed by atoms with Gasteiger partial charge in [-0.1, -0.05) is 0 Å². The summed E-state index contributed by atoms with van der Waals surface area (Å²) < 4.78 is 27.3. The molecule has 0 aliphatic carbocycles. The quantitative estimate of drug-likeness (QED) is 0.651. The van der Waals surface area contributed by atoms with Gasteiger partial charge in [-0.05, 0) is 6.07 Å². The van der Waals surface area contributed by atoms with Crippen molar-refractivity contribution in [3.8, 4) is 0 Å². The average molecular weight is 287 g/mol. The number of carbonyl (C=O) groups excluding carboxylic acids is 2. The van der Waals surface area contributed by atoms with Gasteiger partial charge in [0.25, 0.3) is 5.91 Å². The van der Waals surface area contributed by atoms with E-state index in [0.717, 1.165) is 11.9 Å². The summed E-state index contributed by atoms with van der Waals surface area (Å²) >= 11 is 0. The SMILES string of the molecule is CNC(=O)CN(C)C(=O)c1c(F)ccc([N+](=O)[O-])c1F. The van der Waals surface area contributed by atoms with Gasteiger partial charge >= 0.3 is 5.69 Å². The Morgan fingerprint density at radius 3 is 2.50 bits per heavy atom. The molecule has 20 heavy (non-hydrogen) atoms. The fraction of sp³-hybridized carbons (Fsp3) is 0.273. The number of nitro benzene ring substituents is 1. The first-order valence-electron chi connectivity index (χ1n) is 5.38. The van der Waals surface area contributed by atoms with E-state index in [0.29, 0.717) is 12.1 Å². The van der Waals surface area contributed by atoms with Crippen LogP contribution in [0.5, 0.6) is 0 Å².